The summed E-state index contributed by atoms with van der Waals surface area (Å²) in [6.45, 7) is 5.50. The number of rotatable bonds is 5. The van der Waals surface area contributed by atoms with Gasteiger partial charge in [-0.3, -0.25) is 14.3 Å². The van der Waals surface area contributed by atoms with Gasteiger partial charge in [-0.25, -0.2) is 21.2 Å². The van der Waals surface area contributed by atoms with Gasteiger partial charge in [-0.1, -0.05) is 32.9 Å². The molecule has 1 unspecified atom stereocenters. The van der Waals surface area contributed by atoms with Crippen LogP contribution < -0.4 is 10.0 Å². The maximum Gasteiger partial charge on any atom is 0.240 e. The molecular formula is C24H26FN3O6S2. The summed E-state index contributed by atoms with van der Waals surface area (Å²) in [5.41, 5.74) is 0.0834. The number of ketones is 1. The van der Waals surface area contributed by atoms with Gasteiger partial charge in [-0.15, -0.1) is 0 Å². The number of likely N-dealkylation sites (tertiary alicyclic amines) is 1. The Labute approximate surface area is 209 Å². The predicted molar refractivity (Wildman–Crippen MR) is 132 cm³/mol. The lowest BCUT2D eigenvalue weighted by atomic mass is 9.82. The second-order valence-electron chi connectivity index (χ2n) is 10.0. The molecule has 1 saturated heterocycles. The number of halogens is 1. The number of carbonyl (C=O) groups excluding carboxylic acids is 2. The Morgan fingerprint density at radius 1 is 1.08 bits per heavy atom. The molecule has 12 heteroatoms. The van der Waals surface area contributed by atoms with Crippen molar-refractivity contribution in [2.24, 2.45) is 11.3 Å². The summed E-state index contributed by atoms with van der Waals surface area (Å²) < 4.78 is 64.8. The van der Waals surface area contributed by atoms with E-state index in [1.165, 1.54) is 47.4 Å². The highest BCUT2D eigenvalue weighted by Gasteiger charge is 2.53. The van der Waals surface area contributed by atoms with Crippen molar-refractivity contribution in [2.75, 3.05) is 16.3 Å². The van der Waals surface area contributed by atoms with E-state index in [2.05, 4.69) is 10.0 Å². The topological polar surface area (TPSA) is 130 Å². The highest BCUT2D eigenvalue weighted by atomic mass is 32.2. The van der Waals surface area contributed by atoms with Gasteiger partial charge in [0.05, 0.1) is 28.3 Å². The van der Waals surface area contributed by atoms with Crippen LogP contribution in [0.25, 0.3) is 0 Å². The van der Waals surface area contributed by atoms with E-state index < -0.39 is 54.7 Å². The number of anilines is 2. The zero-order valence-corrected chi connectivity index (χ0v) is 21.7. The fourth-order valence-corrected chi connectivity index (χ4v) is 6.49. The number of amides is 1. The third kappa shape index (κ3) is 5.00. The first kappa shape index (κ1) is 25.8. The molecule has 1 fully saturated rings. The molecule has 0 aromatic heterocycles. The molecule has 36 heavy (non-hydrogen) atoms. The highest BCUT2D eigenvalue weighted by Crippen LogP contribution is 2.41. The van der Waals surface area contributed by atoms with Crippen LogP contribution in [0, 0.1) is 17.2 Å². The predicted octanol–water partition coefficient (Wildman–Crippen LogP) is 2.88. The number of nitrogens with zero attached hydrogens (tertiary/aromatic N) is 1. The molecule has 2 N–H and O–H groups in total. The van der Waals surface area contributed by atoms with Crippen molar-refractivity contribution in [1.29, 1.82) is 0 Å². The number of Topliss-reactive ketones (excluding diaryl/α,β-unsaturated/α-hetero) is 1. The molecule has 0 bridgehead atoms. The largest absolute Gasteiger partial charge is 0.356 e. The first-order valence-electron chi connectivity index (χ1n) is 11.0. The second-order valence-corrected chi connectivity index (χ2v) is 13.5. The molecule has 192 valence electrons. The molecule has 2 aromatic rings. The van der Waals surface area contributed by atoms with Crippen molar-refractivity contribution >= 4 is 42.9 Å². The van der Waals surface area contributed by atoms with Gasteiger partial charge in [0, 0.05) is 17.9 Å². The van der Waals surface area contributed by atoms with E-state index in [0.29, 0.717) is 5.56 Å². The van der Waals surface area contributed by atoms with Gasteiger partial charge in [0.2, 0.25) is 25.8 Å². The number of hydrogen-bond acceptors (Lipinski definition) is 7. The van der Waals surface area contributed by atoms with Crippen LogP contribution in [0.2, 0.25) is 0 Å². The summed E-state index contributed by atoms with van der Waals surface area (Å²) in [5, 5.41) is 3.74. The second kappa shape index (κ2) is 8.70. The van der Waals surface area contributed by atoms with Gasteiger partial charge in [0.15, 0.2) is 5.78 Å². The molecule has 2 aliphatic rings. The minimum atomic E-state index is -4.11. The molecule has 0 radical (unpaired) electrons. The quantitative estimate of drug-likeness (QED) is 0.563. The summed E-state index contributed by atoms with van der Waals surface area (Å²) in [7, 11) is -7.74. The third-order valence-corrected chi connectivity index (χ3v) is 8.07. The minimum Gasteiger partial charge on any atom is -0.356 e. The van der Waals surface area contributed by atoms with Crippen molar-refractivity contribution in [2.45, 2.75) is 38.3 Å². The lowest BCUT2D eigenvalue weighted by Crippen LogP contribution is -2.44. The van der Waals surface area contributed by atoms with Crippen LogP contribution in [0.15, 0.2) is 58.5 Å². The Morgan fingerprint density at radius 3 is 2.31 bits per heavy atom. The van der Waals surface area contributed by atoms with Gasteiger partial charge in [-0.2, -0.15) is 0 Å². The first-order chi connectivity index (χ1) is 16.6. The molecule has 9 nitrogen and oxygen atoms in total. The molecule has 0 saturated carbocycles. The zero-order chi connectivity index (χ0) is 26.6. The third-order valence-electron chi connectivity index (χ3n) is 5.95. The number of benzene rings is 2. The Balaban J connectivity index is 1.71. The molecule has 0 aliphatic carbocycles. The number of nitrogens with one attached hydrogen (secondary N) is 2. The van der Waals surface area contributed by atoms with E-state index in [1.807, 2.05) is 20.8 Å². The summed E-state index contributed by atoms with van der Waals surface area (Å²) >= 11 is 0. The van der Waals surface area contributed by atoms with Crippen LogP contribution in [0.4, 0.5) is 15.8 Å². The van der Waals surface area contributed by atoms with Crippen molar-refractivity contribution in [1.82, 2.24) is 4.90 Å². The van der Waals surface area contributed by atoms with Crippen molar-refractivity contribution < 1.29 is 30.8 Å². The minimum absolute atomic E-state index is 0.0560. The fourth-order valence-electron chi connectivity index (χ4n) is 4.56. The van der Waals surface area contributed by atoms with Crippen molar-refractivity contribution in [3.8, 4) is 0 Å². The average molecular weight is 536 g/mol. The SMILES string of the molecule is CC(C)(C)[C@H]1C(=O)C(C2=CS(=O)(=O)c3cc(NS(C)(=O)=O)ccc3N2)C(=O)N1Cc1ccc(F)cc1. The number of hydrogen-bond donors (Lipinski definition) is 2. The van der Waals surface area contributed by atoms with Gasteiger partial charge in [0.25, 0.3) is 0 Å². The van der Waals surface area contributed by atoms with E-state index in [-0.39, 0.29) is 28.5 Å². The van der Waals surface area contributed by atoms with Gasteiger partial charge in [-0.05, 0) is 41.3 Å². The van der Waals surface area contributed by atoms with Gasteiger partial charge < -0.3 is 10.2 Å². The molecular weight excluding hydrogens is 509 g/mol. The highest BCUT2D eigenvalue weighted by molar-refractivity contribution is 7.94. The van der Waals surface area contributed by atoms with E-state index in [9.17, 15) is 30.8 Å². The van der Waals surface area contributed by atoms with Crippen molar-refractivity contribution in [3.63, 3.8) is 0 Å². The summed E-state index contributed by atoms with van der Waals surface area (Å²) in [6.07, 6.45) is 0.942. The Kier molecular flexibility index (Phi) is 6.24. The Bertz CT molecular complexity index is 1490. The van der Waals surface area contributed by atoms with Crippen LogP contribution in [0.5, 0.6) is 0 Å². The first-order valence-corrected chi connectivity index (χ1v) is 14.4. The fraction of sp³-hybridized carbons (Fsp3) is 0.333. The van der Waals surface area contributed by atoms with E-state index in [0.717, 1.165) is 11.7 Å². The van der Waals surface area contributed by atoms with Crippen molar-refractivity contribution in [3.05, 3.63) is 65.0 Å². The lowest BCUT2D eigenvalue weighted by molar-refractivity contribution is -0.133. The van der Waals surface area contributed by atoms with E-state index in [4.69, 9.17) is 0 Å². The number of fused-ring (bicyclic) bond motifs is 1. The zero-order valence-electron chi connectivity index (χ0n) is 20.1. The van der Waals surface area contributed by atoms with Gasteiger partial charge in [0.1, 0.15) is 11.7 Å². The van der Waals surface area contributed by atoms with Gasteiger partial charge >= 0.3 is 0 Å². The monoisotopic (exact) mass is 535 g/mol. The standard InChI is InChI=1S/C24H26FN3O6S2/c1-24(2,3)22-21(29)20(23(30)28(22)12-14-5-7-15(25)8-6-14)18-13-36(33,34)19-11-16(27-35(4,31)32)9-10-17(19)26-18/h5-11,13,20,22,26-27H,12H2,1-4H3/t20?,22-/m1/s1. The molecule has 4 rings (SSSR count). The maximum atomic E-state index is 13.6. The summed E-state index contributed by atoms with van der Waals surface area (Å²) in [5.74, 6) is -2.80. The molecule has 2 heterocycles. The molecule has 0 spiro atoms. The molecule has 1 amide bonds. The summed E-state index contributed by atoms with van der Waals surface area (Å²) in [4.78, 5) is 28.4. The smallest absolute Gasteiger partial charge is 0.240 e. The average Bonchev–Trinajstić information content (AvgIpc) is 2.98. The molecule has 2 aromatic carbocycles. The lowest BCUT2D eigenvalue weighted by Gasteiger charge is -2.33. The van der Waals surface area contributed by atoms with E-state index in [1.54, 1.807) is 0 Å². The Hall–Kier alpha value is -3.25. The summed E-state index contributed by atoms with van der Waals surface area (Å²) in [6, 6.07) is 8.67. The van der Waals surface area contributed by atoms with Crippen LogP contribution in [-0.4, -0.2) is 45.7 Å². The Morgan fingerprint density at radius 2 is 1.72 bits per heavy atom. The number of sulfone groups is 1. The van der Waals surface area contributed by atoms with E-state index >= 15 is 0 Å². The maximum absolute atomic E-state index is 13.6. The van der Waals surface area contributed by atoms with Crippen LogP contribution >= 0.6 is 0 Å². The normalized spacial score (nSPS) is 21.6. The van der Waals surface area contributed by atoms with Crippen LogP contribution in [-0.2, 0) is 36.0 Å². The van der Waals surface area contributed by atoms with Crippen LogP contribution in [0.3, 0.4) is 0 Å². The molecule has 2 atom stereocenters. The molecule has 2 aliphatic heterocycles. The number of sulfonamides is 1. The number of carbonyl (C=O) groups is 2. The van der Waals surface area contributed by atoms with Crippen LogP contribution in [0.1, 0.15) is 26.3 Å².